The second-order valence-corrected chi connectivity index (χ2v) is 6.04. The Kier molecular flexibility index (Phi) is 4.27. The summed E-state index contributed by atoms with van der Waals surface area (Å²) in [6, 6.07) is 11.3. The minimum atomic E-state index is -0.250. The lowest BCUT2D eigenvalue weighted by Gasteiger charge is -2.25. The minimum absolute atomic E-state index is 0.0186. The van der Waals surface area contributed by atoms with Crippen LogP contribution in [0.5, 0.6) is 5.75 Å². The first-order chi connectivity index (χ1) is 10.2. The summed E-state index contributed by atoms with van der Waals surface area (Å²) in [7, 11) is 1.91. The average Bonchev–Trinajstić information content (AvgIpc) is 2.52. The van der Waals surface area contributed by atoms with Gasteiger partial charge in [0.05, 0.1) is 17.1 Å². The molecule has 1 aliphatic heterocycles. The van der Waals surface area contributed by atoms with Crippen molar-refractivity contribution in [3.05, 3.63) is 63.4 Å². The number of benzene rings is 2. The van der Waals surface area contributed by atoms with Gasteiger partial charge in [0.15, 0.2) is 0 Å². The summed E-state index contributed by atoms with van der Waals surface area (Å²) in [5, 5.41) is 3.31. The van der Waals surface area contributed by atoms with Gasteiger partial charge < -0.3 is 10.1 Å². The van der Waals surface area contributed by atoms with Crippen molar-refractivity contribution in [3.63, 3.8) is 0 Å². The van der Waals surface area contributed by atoms with E-state index in [1.807, 2.05) is 19.2 Å². The molecule has 21 heavy (non-hydrogen) atoms. The van der Waals surface area contributed by atoms with Gasteiger partial charge in [-0.3, -0.25) is 0 Å². The third kappa shape index (κ3) is 2.83. The summed E-state index contributed by atoms with van der Waals surface area (Å²) in [5.74, 6) is 0.725. The molecule has 1 unspecified atom stereocenters. The molecule has 0 amide bonds. The van der Waals surface area contributed by atoms with E-state index in [4.69, 9.17) is 4.74 Å². The first kappa shape index (κ1) is 14.5. The molecule has 2 aromatic carbocycles. The standard InChI is InChI=1S/C17H17BrFNO/c1-20-16(12-7-8-15(19)14(18)10-12)13-6-2-4-11-5-3-9-21-17(11)13/h2,4,6-8,10,16,20H,3,5,9H2,1H3. The van der Waals surface area contributed by atoms with E-state index in [1.165, 1.54) is 11.6 Å². The van der Waals surface area contributed by atoms with Gasteiger partial charge in [0.1, 0.15) is 11.6 Å². The largest absolute Gasteiger partial charge is 0.493 e. The molecule has 0 aliphatic carbocycles. The quantitative estimate of drug-likeness (QED) is 0.895. The van der Waals surface area contributed by atoms with Gasteiger partial charge in [0.25, 0.3) is 0 Å². The summed E-state index contributed by atoms with van der Waals surface area (Å²) in [6.45, 7) is 0.757. The molecule has 1 heterocycles. The van der Waals surface area contributed by atoms with Crippen molar-refractivity contribution in [2.45, 2.75) is 18.9 Å². The van der Waals surface area contributed by atoms with Crippen LogP contribution in [0.4, 0.5) is 4.39 Å². The van der Waals surface area contributed by atoms with E-state index in [2.05, 4.69) is 39.4 Å². The van der Waals surface area contributed by atoms with E-state index in [9.17, 15) is 4.39 Å². The summed E-state index contributed by atoms with van der Waals surface area (Å²) >= 11 is 3.26. The van der Waals surface area contributed by atoms with Crippen LogP contribution in [0.15, 0.2) is 40.9 Å². The van der Waals surface area contributed by atoms with Gasteiger partial charge in [-0.1, -0.05) is 24.3 Å². The minimum Gasteiger partial charge on any atom is -0.493 e. The zero-order chi connectivity index (χ0) is 14.8. The van der Waals surface area contributed by atoms with E-state index in [1.54, 1.807) is 0 Å². The van der Waals surface area contributed by atoms with Gasteiger partial charge in [0.2, 0.25) is 0 Å². The molecule has 2 nitrogen and oxygen atoms in total. The van der Waals surface area contributed by atoms with Crippen LogP contribution in [0.25, 0.3) is 0 Å². The second-order valence-electron chi connectivity index (χ2n) is 5.18. The Balaban J connectivity index is 2.06. The molecule has 2 aromatic rings. The lowest BCUT2D eigenvalue weighted by atomic mass is 9.94. The van der Waals surface area contributed by atoms with Crippen LogP contribution in [0.2, 0.25) is 0 Å². The topological polar surface area (TPSA) is 21.3 Å². The highest BCUT2D eigenvalue weighted by molar-refractivity contribution is 9.10. The number of rotatable bonds is 3. The number of aryl methyl sites for hydroxylation is 1. The lowest BCUT2D eigenvalue weighted by Crippen LogP contribution is -2.21. The molecule has 0 saturated heterocycles. The van der Waals surface area contributed by atoms with Crippen LogP contribution < -0.4 is 10.1 Å². The third-order valence-corrected chi connectivity index (χ3v) is 4.45. The van der Waals surface area contributed by atoms with Crippen molar-refractivity contribution >= 4 is 15.9 Å². The maximum atomic E-state index is 13.4. The third-order valence-electron chi connectivity index (χ3n) is 3.84. The molecular formula is C17H17BrFNO. The Morgan fingerprint density at radius 2 is 2.14 bits per heavy atom. The van der Waals surface area contributed by atoms with Crippen molar-refractivity contribution < 1.29 is 9.13 Å². The fourth-order valence-electron chi connectivity index (χ4n) is 2.84. The highest BCUT2D eigenvalue weighted by atomic mass is 79.9. The molecular weight excluding hydrogens is 333 g/mol. The van der Waals surface area contributed by atoms with Crippen LogP contribution in [-0.4, -0.2) is 13.7 Å². The Bertz CT molecular complexity index is 659. The first-order valence-corrected chi connectivity index (χ1v) is 7.87. The number of para-hydroxylation sites is 1. The lowest BCUT2D eigenvalue weighted by molar-refractivity contribution is 0.283. The Labute approximate surface area is 132 Å². The highest BCUT2D eigenvalue weighted by Gasteiger charge is 2.21. The number of ether oxygens (including phenoxy) is 1. The Morgan fingerprint density at radius 1 is 1.29 bits per heavy atom. The van der Waals surface area contributed by atoms with Crippen LogP contribution >= 0.6 is 15.9 Å². The maximum absolute atomic E-state index is 13.4. The Morgan fingerprint density at radius 3 is 2.90 bits per heavy atom. The van der Waals surface area contributed by atoms with E-state index < -0.39 is 0 Å². The van der Waals surface area contributed by atoms with Gasteiger partial charge in [0, 0.05) is 5.56 Å². The Hall–Kier alpha value is -1.39. The summed E-state index contributed by atoms with van der Waals surface area (Å²) in [5.41, 5.74) is 3.36. The zero-order valence-electron chi connectivity index (χ0n) is 11.8. The summed E-state index contributed by atoms with van der Waals surface area (Å²) in [6.07, 6.45) is 2.11. The second kappa shape index (κ2) is 6.16. The SMILES string of the molecule is CNC(c1ccc(F)c(Br)c1)c1cccc2c1OCCC2. The predicted octanol–water partition coefficient (Wildman–Crippen LogP) is 4.22. The predicted molar refractivity (Wildman–Crippen MR) is 85.3 cm³/mol. The number of hydrogen-bond donors (Lipinski definition) is 1. The van der Waals surface area contributed by atoms with E-state index in [-0.39, 0.29) is 11.9 Å². The number of fused-ring (bicyclic) bond motifs is 1. The molecule has 1 atom stereocenters. The van der Waals surface area contributed by atoms with Crippen LogP contribution in [0, 0.1) is 5.82 Å². The van der Waals surface area contributed by atoms with E-state index >= 15 is 0 Å². The molecule has 0 radical (unpaired) electrons. The van der Waals surface area contributed by atoms with Gasteiger partial charge in [-0.05, 0) is 59.1 Å². The van der Waals surface area contributed by atoms with E-state index in [0.29, 0.717) is 4.47 Å². The molecule has 1 N–H and O–H groups in total. The fraction of sp³-hybridized carbons (Fsp3) is 0.294. The molecule has 0 aromatic heterocycles. The molecule has 4 heteroatoms. The number of hydrogen-bond acceptors (Lipinski definition) is 2. The smallest absolute Gasteiger partial charge is 0.137 e. The van der Waals surface area contributed by atoms with Crippen LogP contribution in [-0.2, 0) is 6.42 Å². The molecule has 3 rings (SSSR count). The summed E-state index contributed by atoms with van der Waals surface area (Å²) < 4.78 is 19.8. The van der Waals surface area contributed by atoms with Gasteiger partial charge in [-0.2, -0.15) is 0 Å². The molecule has 0 fully saturated rings. The summed E-state index contributed by atoms with van der Waals surface area (Å²) in [4.78, 5) is 0. The highest BCUT2D eigenvalue weighted by Crippen LogP contribution is 2.36. The van der Waals surface area contributed by atoms with E-state index in [0.717, 1.165) is 36.3 Å². The molecule has 0 bridgehead atoms. The molecule has 110 valence electrons. The normalized spacial score (nSPS) is 15.2. The van der Waals surface area contributed by atoms with Crippen molar-refractivity contribution in [3.8, 4) is 5.75 Å². The number of halogens is 2. The first-order valence-electron chi connectivity index (χ1n) is 7.07. The zero-order valence-corrected chi connectivity index (χ0v) is 13.4. The monoisotopic (exact) mass is 349 g/mol. The van der Waals surface area contributed by atoms with Crippen LogP contribution in [0.1, 0.15) is 29.2 Å². The van der Waals surface area contributed by atoms with Gasteiger partial charge in [-0.15, -0.1) is 0 Å². The fourth-order valence-corrected chi connectivity index (χ4v) is 3.23. The van der Waals surface area contributed by atoms with Crippen molar-refractivity contribution in [1.29, 1.82) is 0 Å². The maximum Gasteiger partial charge on any atom is 0.137 e. The van der Waals surface area contributed by atoms with Crippen LogP contribution in [0.3, 0.4) is 0 Å². The number of nitrogens with one attached hydrogen (secondary N) is 1. The average molecular weight is 350 g/mol. The van der Waals surface area contributed by atoms with Gasteiger partial charge in [-0.25, -0.2) is 4.39 Å². The molecule has 0 spiro atoms. The van der Waals surface area contributed by atoms with Gasteiger partial charge >= 0.3 is 0 Å². The molecule has 1 aliphatic rings. The van der Waals surface area contributed by atoms with Crippen molar-refractivity contribution in [1.82, 2.24) is 5.32 Å². The van der Waals surface area contributed by atoms with Crippen molar-refractivity contribution in [2.75, 3.05) is 13.7 Å². The van der Waals surface area contributed by atoms with Crippen molar-refractivity contribution in [2.24, 2.45) is 0 Å². The molecule has 0 saturated carbocycles.